The highest BCUT2D eigenvalue weighted by molar-refractivity contribution is 7.13. The monoisotopic (exact) mass is 307 g/mol. The van der Waals surface area contributed by atoms with Gasteiger partial charge in [0.2, 0.25) is 5.91 Å². The van der Waals surface area contributed by atoms with Crippen LogP contribution in [0.1, 0.15) is 26.1 Å². The van der Waals surface area contributed by atoms with Gasteiger partial charge in [-0.05, 0) is 19.9 Å². The third-order valence-corrected chi connectivity index (χ3v) is 4.05. The van der Waals surface area contributed by atoms with E-state index in [0.29, 0.717) is 11.7 Å². The zero-order valence-corrected chi connectivity index (χ0v) is 13.4. The van der Waals surface area contributed by atoms with Crippen LogP contribution in [0.2, 0.25) is 0 Å². The van der Waals surface area contributed by atoms with Crippen molar-refractivity contribution in [3.05, 3.63) is 29.8 Å². The maximum atomic E-state index is 12.3. The van der Waals surface area contributed by atoms with E-state index in [1.807, 2.05) is 30.1 Å². The standard InChI is InChI=1S/C14H21N5OS/c1-4-7-19(10-12-15-5-8-18(12)3)11(2)13(20)17-14-16-6-9-21-14/h5-6,8-9,11H,4,7,10H2,1-3H3,(H,16,17,20)/t11-/m1/s1. The van der Waals surface area contributed by atoms with Gasteiger partial charge in [0.25, 0.3) is 0 Å². The van der Waals surface area contributed by atoms with Crippen molar-refractivity contribution in [1.29, 1.82) is 0 Å². The number of anilines is 1. The lowest BCUT2D eigenvalue weighted by molar-refractivity contribution is -0.121. The van der Waals surface area contributed by atoms with Crippen LogP contribution in [-0.2, 0) is 18.4 Å². The second kappa shape index (κ2) is 7.33. The molecule has 7 heteroatoms. The number of imidazole rings is 1. The van der Waals surface area contributed by atoms with Gasteiger partial charge >= 0.3 is 0 Å². The van der Waals surface area contributed by atoms with Crippen molar-refractivity contribution in [3.63, 3.8) is 0 Å². The lowest BCUT2D eigenvalue weighted by Gasteiger charge is -2.27. The number of carbonyl (C=O) groups excluding carboxylic acids is 1. The maximum absolute atomic E-state index is 12.3. The summed E-state index contributed by atoms with van der Waals surface area (Å²) in [5.74, 6) is 0.921. The number of hydrogen-bond donors (Lipinski definition) is 1. The average Bonchev–Trinajstić information content (AvgIpc) is 3.10. The number of thiazole rings is 1. The van der Waals surface area contributed by atoms with Crippen LogP contribution in [0, 0.1) is 0 Å². The molecule has 2 aromatic heterocycles. The fourth-order valence-electron chi connectivity index (χ4n) is 2.09. The van der Waals surface area contributed by atoms with Crippen molar-refractivity contribution in [2.45, 2.75) is 32.9 Å². The topological polar surface area (TPSA) is 63.1 Å². The summed E-state index contributed by atoms with van der Waals surface area (Å²) in [6.45, 7) is 5.53. The third-order valence-electron chi connectivity index (χ3n) is 3.37. The summed E-state index contributed by atoms with van der Waals surface area (Å²) in [6.07, 6.45) is 6.36. The van der Waals surface area contributed by atoms with E-state index in [1.54, 1.807) is 12.4 Å². The predicted molar refractivity (Wildman–Crippen MR) is 84.1 cm³/mol. The Morgan fingerprint density at radius 2 is 2.29 bits per heavy atom. The highest BCUT2D eigenvalue weighted by Gasteiger charge is 2.22. The minimum atomic E-state index is -0.231. The summed E-state index contributed by atoms with van der Waals surface area (Å²) >= 11 is 1.42. The summed E-state index contributed by atoms with van der Waals surface area (Å²) in [5.41, 5.74) is 0. The molecule has 0 aliphatic heterocycles. The summed E-state index contributed by atoms with van der Waals surface area (Å²) in [7, 11) is 1.97. The number of aromatic nitrogens is 3. The van der Waals surface area contributed by atoms with Crippen molar-refractivity contribution in [1.82, 2.24) is 19.4 Å². The zero-order chi connectivity index (χ0) is 15.2. The van der Waals surface area contributed by atoms with Gasteiger partial charge in [-0.15, -0.1) is 11.3 Å². The fraction of sp³-hybridized carbons (Fsp3) is 0.500. The van der Waals surface area contributed by atoms with Gasteiger partial charge in [-0.2, -0.15) is 0 Å². The minimum absolute atomic E-state index is 0.0346. The van der Waals surface area contributed by atoms with E-state index < -0.39 is 0 Å². The Balaban J connectivity index is 2.02. The number of rotatable bonds is 7. The van der Waals surface area contributed by atoms with Crippen LogP contribution in [0.3, 0.4) is 0 Å². The number of amides is 1. The molecule has 2 rings (SSSR count). The molecule has 6 nitrogen and oxygen atoms in total. The molecule has 0 unspecified atom stereocenters. The van der Waals surface area contributed by atoms with Crippen LogP contribution < -0.4 is 5.32 Å². The molecule has 0 aliphatic rings. The minimum Gasteiger partial charge on any atom is -0.337 e. The summed E-state index contributed by atoms with van der Waals surface area (Å²) in [4.78, 5) is 22.9. The van der Waals surface area contributed by atoms with Crippen LogP contribution in [0.25, 0.3) is 0 Å². The summed E-state index contributed by atoms with van der Waals surface area (Å²) in [6, 6.07) is -0.231. The molecule has 114 valence electrons. The molecule has 2 aromatic rings. The van der Waals surface area contributed by atoms with Gasteiger partial charge in [0.05, 0.1) is 12.6 Å². The molecule has 0 saturated carbocycles. The van der Waals surface area contributed by atoms with E-state index in [1.165, 1.54) is 11.3 Å². The van der Waals surface area contributed by atoms with E-state index in [0.717, 1.165) is 18.8 Å². The van der Waals surface area contributed by atoms with Crippen molar-refractivity contribution < 1.29 is 4.79 Å². The molecule has 1 N–H and O–H groups in total. The van der Waals surface area contributed by atoms with Crippen LogP contribution in [-0.4, -0.2) is 37.9 Å². The molecule has 0 spiro atoms. The van der Waals surface area contributed by atoms with Gasteiger partial charge in [-0.3, -0.25) is 9.69 Å². The smallest absolute Gasteiger partial charge is 0.243 e. The van der Waals surface area contributed by atoms with E-state index >= 15 is 0 Å². The molecule has 0 aromatic carbocycles. The van der Waals surface area contributed by atoms with Crippen LogP contribution >= 0.6 is 11.3 Å². The van der Waals surface area contributed by atoms with Gasteiger partial charge in [-0.1, -0.05) is 6.92 Å². The molecule has 1 amide bonds. The highest BCUT2D eigenvalue weighted by Crippen LogP contribution is 2.13. The van der Waals surface area contributed by atoms with E-state index in [2.05, 4.69) is 27.1 Å². The van der Waals surface area contributed by atoms with Crippen molar-refractivity contribution >= 4 is 22.4 Å². The number of hydrogen-bond acceptors (Lipinski definition) is 5. The molecule has 21 heavy (non-hydrogen) atoms. The Morgan fingerprint density at radius 1 is 1.48 bits per heavy atom. The SMILES string of the molecule is CCCN(Cc1nccn1C)[C@H](C)C(=O)Nc1nccs1. The third kappa shape index (κ3) is 4.12. The summed E-state index contributed by atoms with van der Waals surface area (Å²) < 4.78 is 1.98. The number of nitrogens with zero attached hydrogens (tertiary/aromatic N) is 4. The lowest BCUT2D eigenvalue weighted by Crippen LogP contribution is -2.42. The van der Waals surface area contributed by atoms with Gasteiger partial charge in [-0.25, -0.2) is 9.97 Å². The first-order valence-corrected chi connectivity index (χ1v) is 7.90. The second-order valence-corrected chi connectivity index (χ2v) is 5.82. The van der Waals surface area contributed by atoms with E-state index in [-0.39, 0.29) is 11.9 Å². The Hall–Kier alpha value is -1.73. The number of carbonyl (C=O) groups is 1. The van der Waals surface area contributed by atoms with Crippen LogP contribution in [0.4, 0.5) is 5.13 Å². The zero-order valence-electron chi connectivity index (χ0n) is 12.6. The van der Waals surface area contributed by atoms with Gasteiger partial charge in [0.15, 0.2) is 5.13 Å². The van der Waals surface area contributed by atoms with Gasteiger partial charge in [0, 0.05) is 31.0 Å². The summed E-state index contributed by atoms with van der Waals surface area (Å²) in [5, 5.41) is 5.34. The van der Waals surface area contributed by atoms with Crippen molar-refractivity contribution in [3.8, 4) is 0 Å². The number of nitrogens with one attached hydrogen (secondary N) is 1. The Labute approximate surface area is 128 Å². The highest BCUT2D eigenvalue weighted by atomic mass is 32.1. The second-order valence-electron chi connectivity index (χ2n) is 4.93. The number of aryl methyl sites for hydroxylation is 1. The average molecular weight is 307 g/mol. The molecular formula is C14H21N5OS. The Kier molecular flexibility index (Phi) is 5.46. The molecule has 1 atom stereocenters. The van der Waals surface area contributed by atoms with Crippen LogP contribution in [0.5, 0.6) is 0 Å². The fourth-order valence-corrected chi connectivity index (χ4v) is 2.62. The Bertz CT molecular complexity index is 566. The normalized spacial score (nSPS) is 12.6. The first-order valence-electron chi connectivity index (χ1n) is 7.02. The molecule has 0 fully saturated rings. The maximum Gasteiger partial charge on any atom is 0.243 e. The largest absolute Gasteiger partial charge is 0.337 e. The Morgan fingerprint density at radius 3 is 2.86 bits per heavy atom. The molecule has 0 radical (unpaired) electrons. The molecule has 0 saturated heterocycles. The lowest BCUT2D eigenvalue weighted by atomic mass is 10.2. The van der Waals surface area contributed by atoms with E-state index in [4.69, 9.17) is 0 Å². The van der Waals surface area contributed by atoms with Crippen molar-refractivity contribution in [2.24, 2.45) is 7.05 Å². The first-order chi connectivity index (χ1) is 10.1. The first kappa shape index (κ1) is 15.7. The molecule has 0 bridgehead atoms. The molecule has 0 aliphatic carbocycles. The van der Waals surface area contributed by atoms with Gasteiger partial charge in [0.1, 0.15) is 5.82 Å². The molecular weight excluding hydrogens is 286 g/mol. The van der Waals surface area contributed by atoms with Gasteiger partial charge < -0.3 is 9.88 Å². The van der Waals surface area contributed by atoms with Crippen molar-refractivity contribution in [2.75, 3.05) is 11.9 Å². The predicted octanol–water partition coefficient (Wildman–Crippen LogP) is 2.12. The molecule has 2 heterocycles. The quantitative estimate of drug-likeness (QED) is 0.851. The van der Waals surface area contributed by atoms with E-state index in [9.17, 15) is 4.79 Å². The van der Waals surface area contributed by atoms with Crippen LogP contribution in [0.15, 0.2) is 24.0 Å².